The number of ether oxygens (including phenoxy) is 1. The molecule has 4 rings (SSSR count). The molecule has 1 N–H and O–H groups in total. The fourth-order valence-corrected chi connectivity index (χ4v) is 5.25. The molecule has 0 spiro atoms. The summed E-state index contributed by atoms with van der Waals surface area (Å²) in [7, 11) is -2.33. The van der Waals surface area contributed by atoms with Gasteiger partial charge in [-0.25, -0.2) is 18.0 Å². The summed E-state index contributed by atoms with van der Waals surface area (Å²) in [6.07, 6.45) is 0.313. The molecule has 10 heteroatoms. The molecule has 3 aromatic carbocycles. The van der Waals surface area contributed by atoms with E-state index < -0.39 is 40.0 Å². The van der Waals surface area contributed by atoms with Crippen LogP contribution in [0.4, 0.5) is 10.5 Å². The summed E-state index contributed by atoms with van der Waals surface area (Å²) in [4.78, 5) is 39.3. The minimum atomic E-state index is -3.76. The van der Waals surface area contributed by atoms with Crippen LogP contribution < -0.4 is 14.4 Å². The number of hydrogen-bond donors (Lipinski definition) is 1. The SMILES string of the molecule is CCC1(c2ccccc2)NC(=O)N(CC(=O)Oc2ccc(N(C)S(=O)(=O)c3ccccc3)cc2)C1=O. The van der Waals surface area contributed by atoms with E-state index in [1.54, 1.807) is 49.4 Å². The molecule has 1 saturated heterocycles. The van der Waals surface area contributed by atoms with Crippen LogP contribution in [0.3, 0.4) is 0 Å². The normalized spacial score (nSPS) is 17.6. The molecule has 0 aliphatic carbocycles. The number of amides is 3. The number of carbonyl (C=O) groups is 3. The van der Waals surface area contributed by atoms with Crippen LogP contribution >= 0.6 is 0 Å². The zero-order chi connectivity index (χ0) is 25.9. The lowest BCUT2D eigenvalue weighted by molar-refractivity contribution is -0.141. The Hall–Kier alpha value is -4.18. The molecule has 1 unspecified atom stereocenters. The van der Waals surface area contributed by atoms with E-state index in [1.807, 2.05) is 6.07 Å². The van der Waals surface area contributed by atoms with Gasteiger partial charge in [-0.05, 0) is 48.4 Å². The van der Waals surface area contributed by atoms with E-state index in [1.165, 1.54) is 43.4 Å². The number of benzene rings is 3. The monoisotopic (exact) mass is 507 g/mol. The van der Waals surface area contributed by atoms with Gasteiger partial charge in [-0.15, -0.1) is 0 Å². The van der Waals surface area contributed by atoms with Crippen LogP contribution in [0.25, 0.3) is 0 Å². The minimum absolute atomic E-state index is 0.145. The predicted molar refractivity (Wildman–Crippen MR) is 133 cm³/mol. The van der Waals surface area contributed by atoms with Crippen molar-refractivity contribution in [3.8, 4) is 5.75 Å². The third-order valence-corrected chi connectivity index (χ3v) is 7.89. The molecule has 36 heavy (non-hydrogen) atoms. The van der Waals surface area contributed by atoms with Crippen molar-refractivity contribution in [2.75, 3.05) is 17.9 Å². The molecule has 1 aliphatic rings. The maximum atomic E-state index is 13.2. The van der Waals surface area contributed by atoms with Crippen molar-refractivity contribution in [3.05, 3.63) is 90.5 Å². The topological polar surface area (TPSA) is 113 Å². The molecule has 9 nitrogen and oxygen atoms in total. The van der Waals surface area contributed by atoms with Gasteiger partial charge in [-0.3, -0.25) is 14.0 Å². The molecule has 3 amide bonds. The Bertz CT molecular complexity index is 1380. The van der Waals surface area contributed by atoms with Gasteiger partial charge in [0.15, 0.2) is 0 Å². The largest absolute Gasteiger partial charge is 0.425 e. The summed E-state index contributed by atoms with van der Waals surface area (Å²) < 4.78 is 32.0. The van der Waals surface area contributed by atoms with Gasteiger partial charge in [0.1, 0.15) is 17.8 Å². The smallest absolute Gasteiger partial charge is 0.331 e. The van der Waals surface area contributed by atoms with Crippen LogP contribution in [-0.2, 0) is 25.2 Å². The van der Waals surface area contributed by atoms with Crippen molar-refractivity contribution in [1.29, 1.82) is 0 Å². The standard InChI is InChI=1S/C26H25N3O6S/c1-3-26(19-10-6-4-7-11-19)24(31)29(25(32)27-26)18-23(30)35-21-16-14-20(15-17-21)28(2)36(33,34)22-12-8-5-9-13-22/h4-17H,3,18H2,1-2H3,(H,27,32). The minimum Gasteiger partial charge on any atom is -0.425 e. The number of urea groups is 1. The Morgan fingerprint density at radius 1 is 0.944 bits per heavy atom. The predicted octanol–water partition coefficient (Wildman–Crippen LogP) is 3.27. The Labute approximate surface area is 209 Å². The lowest BCUT2D eigenvalue weighted by atomic mass is 9.87. The summed E-state index contributed by atoms with van der Waals surface area (Å²) in [5, 5.41) is 2.72. The highest BCUT2D eigenvalue weighted by Crippen LogP contribution is 2.32. The van der Waals surface area contributed by atoms with Gasteiger partial charge in [-0.1, -0.05) is 55.5 Å². The number of imide groups is 1. The molecule has 0 bridgehead atoms. The average molecular weight is 508 g/mol. The Balaban J connectivity index is 1.44. The molecule has 186 valence electrons. The zero-order valence-electron chi connectivity index (χ0n) is 19.7. The van der Waals surface area contributed by atoms with Crippen LogP contribution in [0, 0.1) is 0 Å². The molecule has 0 saturated carbocycles. The van der Waals surface area contributed by atoms with Crippen LogP contribution in [-0.4, -0.2) is 44.8 Å². The highest BCUT2D eigenvalue weighted by molar-refractivity contribution is 7.92. The first-order valence-corrected chi connectivity index (χ1v) is 12.7. The van der Waals surface area contributed by atoms with Gasteiger partial charge in [0.2, 0.25) is 0 Å². The average Bonchev–Trinajstić information content (AvgIpc) is 3.14. The summed E-state index contributed by atoms with van der Waals surface area (Å²) >= 11 is 0. The number of esters is 1. The van der Waals surface area contributed by atoms with Crippen LogP contribution in [0.2, 0.25) is 0 Å². The summed E-state index contributed by atoms with van der Waals surface area (Å²) in [6.45, 7) is 1.22. The number of rotatable bonds is 8. The van der Waals surface area contributed by atoms with Gasteiger partial charge in [0.05, 0.1) is 10.6 Å². The van der Waals surface area contributed by atoms with Crippen LogP contribution in [0.1, 0.15) is 18.9 Å². The summed E-state index contributed by atoms with van der Waals surface area (Å²) in [5.41, 5.74) is -0.245. The molecule has 0 aromatic heterocycles. The Kier molecular flexibility index (Phi) is 6.80. The Morgan fingerprint density at radius 2 is 1.53 bits per heavy atom. The number of sulfonamides is 1. The summed E-state index contributed by atoms with van der Waals surface area (Å²) in [5.74, 6) is -1.19. The van der Waals surface area contributed by atoms with Crippen LogP contribution in [0.15, 0.2) is 89.8 Å². The fourth-order valence-electron chi connectivity index (χ4n) is 4.04. The second-order valence-corrected chi connectivity index (χ2v) is 10.2. The van der Waals surface area contributed by atoms with Gasteiger partial charge in [0.25, 0.3) is 15.9 Å². The maximum Gasteiger partial charge on any atom is 0.331 e. The molecule has 1 heterocycles. The molecule has 3 aromatic rings. The fraction of sp³-hybridized carbons (Fsp3) is 0.192. The van der Waals surface area contributed by atoms with Gasteiger partial charge in [-0.2, -0.15) is 0 Å². The molecule has 1 atom stereocenters. The van der Waals surface area contributed by atoms with Gasteiger partial charge < -0.3 is 10.1 Å². The van der Waals surface area contributed by atoms with Gasteiger partial charge >= 0.3 is 12.0 Å². The maximum absolute atomic E-state index is 13.2. The van der Waals surface area contributed by atoms with Crippen molar-refractivity contribution in [2.45, 2.75) is 23.8 Å². The zero-order valence-corrected chi connectivity index (χ0v) is 20.6. The number of carbonyl (C=O) groups excluding carboxylic acids is 3. The first-order valence-electron chi connectivity index (χ1n) is 11.2. The van der Waals surface area contributed by atoms with Crippen molar-refractivity contribution >= 4 is 33.6 Å². The van der Waals surface area contributed by atoms with Crippen molar-refractivity contribution in [2.24, 2.45) is 0 Å². The lowest BCUT2D eigenvalue weighted by Crippen LogP contribution is -2.44. The third-order valence-electron chi connectivity index (χ3n) is 6.09. The van der Waals surface area contributed by atoms with Crippen LogP contribution in [0.5, 0.6) is 5.75 Å². The molecular weight excluding hydrogens is 482 g/mol. The number of anilines is 1. The third kappa shape index (κ3) is 4.55. The second-order valence-electron chi connectivity index (χ2n) is 8.20. The van der Waals surface area contributed by atoms with E-state index in [4.69, 9.17) is 4.74 Å². The molecule has 0 radical (unpaired) electrons. The van der Waals surface area contributed by atoms with E-state index in [-0.39, 0.29) is 10.6 Å². The first-order chi connectivity index (χ1) is 17.2. The number of nitrogens with zero attached hydrogens (tertiary/aromatic N) is 2. The van der Waals surface area contributed by atoms with E-state index in [9.17, 15) is 22.8 Å². The summed E-state index contributed by atoms with van der Waals surface area (Å²) in [6, 6.07) is 22.1. The lowest BCUT2D eigenvalue weighted by Gasteiger charge is -2.25. The first kappa shape index (κ1) is 24.9. The quantitative estimate of drug-likeness (QED) is 0.284. The van der Waals surface area contributed by atoms with Crippen molar-refractivity contribution in [3.63, 3.8) is 0 Å². The van der Waals surface area contributed by atoms with Crippen molar-refractivity contribution < 1.29 is 27.5 Å². The van der Waals surface area contributed by atoms with E-state index in [2.05, 4.69) is 5.32 Å². The molecular formula is C26H25N3O6S. The Morgan fingerprint density at radius 3 is 2.11 bits per heavy atom. The van der Waals surface area contributed by atoms with E-state index in [0.29, 0.717) is 17.7 Å². The van der Waals surface area contributed by atoms with E-state index in [0.717, 1.165) is 9.21 Å². The second kappa shape index (κ2) is 9.82. The molecule has 1 aliphatic heterocycles. The number of nitrogens with one attached hydrogen (secondary N) is 1. The highest BCUT2D eigenvalue weighted by Gasteiger charge is 2.51. The van der Waals surface area contributed by atoms with Crippen molar-refractivity contribution in [1.82, 2.24) is 10.2 Å². The van der Waals surface area contributed by atoms with Gasteiger partial charge in [0, 0.05) is 7.05 Å². The van der Waals surface area contributed by atoms with E-state index >= 15 is 0 Å². The highest BCUT2D eigenvalue weighted by atomic mass is 32.2. The number of hydrogen-bond acceptors (Lipinski definition) is 6. The molecule has 1 fully saturated rings.